The summed E-state index contributed by atoms with van der Waals surface area (Å²) in [5.41, 5.74) is 0.538. The third-order valence-corrected chi connectivity index (χ3v) is 5.93. The lowest BCUT2D eigenvalue weighted by atomic mass is 10.1. The van der Waals surface area contributed by atoms with E-state index in [4.69, 9.17) is 21.2 Å². The summed E-state index contributed by atoms with van der Waals surface area (Å²) in [6.07, 6.45) is -2.01. The summed E-state index contributed by atoms with van der Waals surface area (Å²) in [7, 11) is 2.70. The minimum Gasteiger partial charge on any atom is -0.496 e. The zero-order valence-corrected chi connectivity index (χ0v) is 22.4. The molecule has 1 heterocycles. The number of β-amino-alcohol motifs (C(OH)–C–C–N with tert-alkyl or cyclic N) is 1. The Morgan fingerprint density at radius 2 is 1.89 bits per heavy atom. The molecule has 0 radical (unpaired) electrons. The first-order valence-electron chi connectivity index (χ1n) is 11.7. The molecule has 0 aliphatic carbocycles. The van der Waals surface area contributed by atoms with Gasteiger partial charge in [0.25, 0.3) is 11.8 Å². The number of aliphatic hydroxyl groups excluding tert-OH is 2. The maximum Gasteiger partial charge on any atom is 0.279 e. The monoisotopic (exact) mass is 548 g/mol. The lowest BCUT2D eigenvalue weighted by molar-refractivity contribution is -0.190. The summed E-state index contributed by atoms with van der Waals surface area (Å²) >= 11 is 5.92. The largest absolute Gasteiger partial charge is 0.496 e. The van der Waals surface area contributed by atoms with E-state index < -0.39 is 30.1 Å². The van der Waals surface area contributed by atoms with Crippen LogP contribution in [-0.2, 0) is 9.63 Å². The first-order valence-corrected chi connectivity index (χ1v) is 12.1. The second-order valence-corrected chi connectivity index (χ2v) is 9.24. The van der Waals surface area contributed by atoms with Crippen LogP contribution in [0.5, 0.6) is 5.75 Å². The lowest BCUT2D eigenvalue weighted by Gasteiger charge is -2.44. The van der Waals surface area contributed by atoms with Crippen LogP contribution in [0.2, 0.25) is 5.02 Å². The maximum atomic E-state index is 13.9. The summed E-state index contributed by atoms with van der Waals surface area (Å²) in [6.45, 7) is 4.76. The van der Waals surface area contributed by atoms with Crippen molar-refractivity contribution < 1.29 is 33.8 Å². The van der Waals surface area contributed by atoms with Crippen LogP contribution in [0.1, 0.15) is 42.8 Å². The van der Waals surface area contributed by atoms with Gasteiger partial charge in [-0.1, -0.05) is 16.8 Å². The highest BCUT2D eigenvalue weighted by molar-refractivity contribution is 6.30. The van der Waals surface area contributed by atoms with Gasteiger partial charge in [0.05, 0.1) is 24.9 Å². The van der Waals surface area contributed by atoms with Crippen molar-refractivity contribution in [3.63, 3.8) is 0 Å². The highest BCUT2D eigenvalue weighted by atomic mass is 35.5. The SMILES string of the molecule is COc1ccc(F)cc1C(O)CN1C=C(/C(C)=N/OC(C)C)C(=O)N(N(C)C(=O)c2ccc(Cl)cc2)C1O. The normalized spacial score (nSPS) is 16.9. The van der Waals surface area contributed by atoms with Crippen LogP contribution in [0, 0.1) is 5.82 Å². The predicted octanol–water partition coefficient (Wildman–Crippen LogP) is 3.31. The van der Waals surface area contributed by atoms with Crippen molar-refractivity contribution in [2.24, 2.45) is 5.16 Å². The summed E-state index contributed by atoms with van der Waals surface area (Å²) in [6, 6.07) is 9.70. The minimum atomic E-state index is -1.71. The fourth-order valence-electron chi connectivity index (χ4n) is 3.72. The number of methoxy groups -OCH3 is 1. The summed E-state index contributed by atoms with van der Waals surface area (Å²) in [5.74, 6) is -1.68. The second-order valence-electron chi connectivity index (χ2n) is 8.80. The molecule has 2 unspecified atom stereocenters. The second kappa shape index (κ2) is 12.2. The molecule has 0 aromatic heterocycles. The van der Waals surface area contributed by atoms with Gasteiger partial charge < -0.3 is 24.7 Å². The van der Waals surface area contributed by atoms with E-state index in [1.54, 1.807) is 13.8 Å². The van der Waals surface area contributed by atoms with Crippen molar-refractivity contribution in [1.29, 1.82) is 0 Å². The van der Waals surface area contributed by atoms with Crippen molar-refractivity contribution in [3.05, 3.63) is 76.2 Å². The summed E-state index contributed by atoms with van der Waals surface area (Å²) in [5, 5.41) is 28.3. The number of benzene rings is 2. The van der Waals surface area contributed by atoms with E-state index in [0.29, 0.717) is 5.02 Å². The van der Waals surface area contributed by atoms with Gasteiger partial charge in [0.2, 0.25) is 6.35 Å². The van der Waals surface area contributed by atoms with Gasteiger partial charge in [0, 0.05) is 29.4 Å². The topological polar surface area (TPSA) is 115 Å². The van der Waals surface area contributed by atoms with Crippen LogP contribution < -0.4 is 4.74 Å². The van der Waals surface area contributed by atoms with Crippen LogP contribution in [0.15, 0.2) is 59.4 Å². The molecule has 12 heteroatoms. The van der Waals surface area contributed by atoms with Crippen LogP contribution in [0.3, 0.4) is 0 Å². The maximum absolute atomic E-state index is 13.9. The molecule has 3 rings (SSSR count). The molecule has 38 heavy (non-hydrogen) atoms. The zero-order valence-electron chi connectivity index (χ0n) is 21.6. The molecule has 2 N–H and O–H groups in total. The quantitative estimate of drug-likeness (QED) is 0.365. The van der Waals surface area contributed by atoms with Gasteiger partial charge in [-0.15, -0.1) is 0 Å². The van der Waals surface area contributed by atoms with E-state index in [-0.39, 0.29) is 40.8 Å². The number of hydrogen-bond acceptors (Lipinski definition) is 8. The molecule has 10 nitrogen and oxygen atoms in total. The Kier molecular flexibility index (Phi) is 9.31. The van der Waals surface area contributed by atoms with Gasteiger partial charge in [0.1, 0.15) is 23.8 Å². The predicted molar refractivity (Wildman–Crippen MR) is 138 cm³/mol. The first-order chi connectivity index (χ1) is 17.9. The number of rotatable bonds is 9. The Hall–Kier alpha value is -3.67. The van der Waals surface area contributed by atoms with Crippen molar-refractivity contribution in [2.75, 3.05) is 20.7 Å². The molecule has 2 amide bonds. The highest BCUT2D eigenvalue weighted by Crippen LogP contribution is 2.29. The van der Waals surface area contributed by atoms with Gasteiger partial charge in [-0.05, 0) is 63.2 Å². The van der Waals surface area contributed by atoms with Crippen molar-refractivity contribution in [2.45, 2.75) is 39.3 Å². The molecule has 0 spiro atoms. The van der Waals surface area contributed by atoms with Crippen LogP contribution >= 0.6 is 11.6 Å². The lowest BCUT2D eigenvalue weighted by Crippen LogP contribution is -2.61. The summed E-state index contributed by atoms with van der Waals surface area (Å²) < 4.78 is 19.2. The number of nitrogens with zero attached hydrogens (tertiary/aromatic N) is 4. The van der Waals surface area contributed by atoms with Crippen molar-refractivity contribution >= 4 is 29.1 Å². The van der Waals surface area contributed by atoms with Gasteiger partial charge in [-0.2, -0.15) is 5.01 Å². The molecule has 1 aliphatic rings. The molecule has 1 aliphatic heterocycles. The van der Waals surface area contributed by atoms with E-state index >= 15 is 0 Å². The van der Waals surface area contributed by atoms with Crippen LogP contribution in [0.25, 0.3) is 0 Å². The van der Waals surface area contributed by atoms with E-state index in [2.05, 4.69) is 5.16 Å². The standard InChI is InChI=1S/C26H30ClFN4O6/c1-15(2)38-29-16(3)21-13-31(14-22(33)20-12-19(28)10-11-23(20)37-5)26(36)32(25(21)35)30(4)24(34)17-6-8-18(27)9-7-17/h6-13,15,22,26,33,36H,14H2,1-5H3/b29-16+. The minimum absolute atomic E-state index is 0.00473. The smallest absolute Gasteiger partial charge is 0.279 e. The van der Waals surface area contributed by atoms with Gasteiger partial charge in [0.15, 0.2) is 0 Å². The number of carbonyl (C=O) groups excluding carboxylic acids is 2. The number of hydrogen-bond donors (Lipinski definition) is 2. The Balaban J connectivity index is 2.00. The van der Waals surface area contributed by atoms with Crippen molar-refractivity contribution in [3.8, 4) is 5.75 Å². The zero-order chi connectivity index (χ0) is 28.1. The highest BCUT2D eigenvalue weighted by Gasteiger charge is 2.40. The third kappa shape index (κ3) is 6.42. The molecular weight excluding hydrogens is 519 g/mol. The number of aliphatic hydroxyl groups is 2. The van der Waals surface area contributed by atoms with Gasteiger partial charge >= 0.3 is 0 Å². The molecule has 0 saturated carbocycles. The Labute approximate surface area is 225 Å². The van der Waals surface area contributed by atoms with E-state index in [1.807, 2.05) is 0 Å². The number of hydrazine groups is 1. The third-order valence-electron chi connectivity index (χ3n) is 5.68. The fourth-order valence-corrected chi connectivity index (χ4v) is 3.84. The van der Waals surface area contributed by atoms with E-state index in [1.165, 1.54) is 68.6 Å². The number of ether oxygens (including phenoxy) is 1. The fraction of sp³-hybridized carbons (Fsp3) is 0.346. The number of halogens is 2. The van der Waals surface area contributed by atoms with Gasteiger partial charge in [-0.3, -0.25) is 9.59 Å². The van der Waals surface area contributed by atoms with Gasteiger partial charge in [-0.25, -0.2) is 9.40 Å². The molecule has 2 aromatic carbocycles. The van der Waals surface area contributed by atoms with Crippen LogP contribution in [0.4, 0.5) is 4.39 Å². The molecule has 2 aromatic rings. The Morgan fingerprint density at radius 3 is 2.50 bits per heavy atom. The molecular formula is C26H30ClFN4O6. The molecule has 204 valence electrons. The molecule has 2 atom stereocenters. The number of carbonyl (C=O) groups is 2. The van der Waals surface area contributed by atoms with E-state index in [0.717, 1.165) is 16.1 Å². The Bertz CT molecular complexity index is 1240. The molecule has 0 bridgehead atoms. The molecule has 0 saturated heterocycles. The summed E-state index contributed by atoms with van der Waals surface area (Å²) in [4.78, 5) is 33.2. The average molecular weight is 549 g/mol. The average Bonchev–Trinajstić information content (AvgIpc) is 2.88. The van der Waals surface area contributed by atoms with Crippen LogP contribution in [-0.4, -0.2) is 75.8 Å². The number of oxime groups is 1. The van der Waals surface area contributed by atoms with Crippen molar-refractivity contribution in [1.82, 2.24) is 14.9 Å². The van der Waals surface area contributed by atoms with E-state index in [9.17, 15) is 24.2 Å². The number of amides is 2. The Morgan fingerprint density at radius 1 is 1.24 bits per heavy atom. The molecule has 0 fully saturated rings. The first kappa shape index (κ1) is 28.9.